The minimum absolute atomic E-state index is 0.146. The lowest BCUT2D eigenvalue weighted by Crippen LogP contribution is -2.45. The van der Waals surface area contributed by atoms with Crippen molar-refractivity contribution < 1.29 is 14.3 Å². The van der Waals surface area contributed by atoms with Gasteiger partial charge in [0.2, 0.25) is 0 Å². The maximum absolute atomic E-state index is 12.4. The van der Waals surface area contributed by atoms with Crippen molar-refractivity contribution in [2.24, 2.45) is 0 Å². The number of rotatable bonds is 3. The fourth-order valence-corrected chi connectivity index (χ4v) is 3.44. The molecule has 0 aliphatic heterocycles. The minimum atomic E-state index is -0.445. The van der Waals surface area contributed by atoms with E-state index in [9.17, 15) is 9.90 Å². The SMILES string of the molecule is O=C(N[C@@H]1CCCC[C@@H]1O)c1ccc(-c2nccc3occc23)cc1. The number of nitrogens with one attached hydrogen (secondary N) is 1. The number of aromatic nitrogens is 1. The van der Waals surface area contributed by atoms with E-state index in [0.717, 1.165) is 47.9 Å². The number of hydrogen-bond acceptors (Lipinski definition) is 4. The number of amides is 1. The van der Waals surface area contributed by atoms with Crippen LogP contribution in [-0.2, 0) is 0 Å². The summed E-state index contributed by atoms with van der Waals surface area (Å²) in [6.07, 6.45) is 6.57. The van der Waals surface area contributed by atoms with Gasteiger partial charge in [0, 0.05) is 22.7 Å². The van der Waals surface area contributed by atoms with Crippen LogP contribution in [0.2, 0.25) is 0 Å². The van der Waals surface area contributed by atoms with Crippen LogP contribution in [0, 0.1) is 0 Å². The van der Waals surface area contributed by atoms with Crippen LogP contribution in [0.1, 0.15) is 36.0 Å². The summed E-state index contributed by atoms with van der Waals surface area (Å²) in [6.45, 7) is 0. The number of pyridine rings is 1. The first-order valence-corrected chi connectivity index (χ1v) is 8.64. The van der Waals surface area contributed by atoms with Gasteiger partial charge in [-0.25, -0.2) is 0 Å². The van der Waals surface area contributed by atoms with Crippen molar-refractivity contribution >= 4 is 16.9 Å². The van der Waals surface area contributed by atoms with Gasteiger partial charge < -0.3 is 14.8 Å². The van der Waals surface area contributed by atoms with Gasteiger partial charge in [-0.05, 0) is 37.1 Å². The van der Waals surface area contributed by atoms with E-state index in [2.05, 4.69) is 10.3 Å². The Hall–Kier alpha value is -2.66. The molecule has 0 unspecified atom stereocenters. The maximum Gasteiger partial charge on any atom is 0.251 e. The van der Waals surface area contributed by atoms with Gasteiger partial charge in [0.25, 0.3) is 5.91 Å². The molecule has 1 saturated carbocycles. The van der Waals surface area contributed by atoms with E-state index in [-0.39, 0.29) is 11.9 Å². The normalized spacial score (nSPS) is 20.5. The van der Waals surface area contributed by atoms with Crippen molar-refractivity contribution in [2.75, 3.05) is 0 Å². The van der Waals surface area contributed by atoms with Crippen LogP contribution in [0.15, 0.2) is 53.3 Å². The number of furan rings is 1. The largest absolute Gasteiger partial charge is 0.464 e. The van der Waals surface area contributed by atoms with Crippen molar-refractivity contribution in [1.29, 1.82) is 0 Å². The Labute approximate surface area is 145 Å². The number of fused-ring (bicyclic) bond motifs is 1. The van der Waals surface area contributed by atoms with Gasteiger partial charge >= 0.3 is 0 Å². The quantitative estimate of drug-likeness (QED) is 0.767. The highest BCUT2D eigenvalue weighted by Gasteiger charge is 2.24. The summed E-state index contributed by atoms with van der Waals surface area (Å²) in [5.74, 6) is -0.146. The summed E-state index contributed by atoms with van der Waals surface area (Å²) < 4.78 is 5.41. The molecule has 4 rings (SSSR count). The highest BCUT2D eigenvalue weighted by molar-refractivity contribution is 5.96. The maximum atomic E-state index is 12.4. The van der Waals surface area contributed by atoms with Crippen LogP contribution in [0.4, 0.5) is 0 Å². The number of aliphatic hydroxyl groups is 1. The van der Waals surface area contributed by atoms with Crippen molar-refractivity contribution in [3.05, 3.63) is 54.4 Å². The predicted molar refractivity (Wildman–Crippen MR) is 95.2 cm³/mol. The number of aliphatic hydroxyl groups excluding tert-OH is 1. The zero-order chi connectivity index (χ0) is 17.2. The van der Waals surface area contributed by atoms with Crippen molar-refractivity contribution in [2.45, 2.75) is 37.8 Å². The molecule has 128 valence electrons. The zero-order valence-corrected chi connectivity index (χ0v) is 13.8. The molecule has 0 saturated heterocycles. The van der Waals surface area contributed by atoms with Crippen LogP contribution >= 0.6 is 0 Å². The van der Waals surface area contributed by atoms with Gasteiger partial charge in [-0.1, -0.05) is 25.0 Å². The first kappa shape index (κ1) is 15.8. The standard InChI is InChI=1S/C20H20N2O3/c23-17-4-2-1-3-16(17)22-20(24)14-7-5-13(6-8-14)19-15-10-12-25-18(15)9-11-21-19/h5-12,16-17,23H,1-4H2,(H,22,24)/t16-,17+/m1/s1. The second kappa shape index (κ2) is 6.69. The third-order valence-corrected chi connectivity index (χ3v) is 4.85. The van der Waals surface area contributed by atoms with Gasteiger partial charge in [-0.2, -0.15) is 0 Å². The Kier molecular flexibility index (Phi) is 4.24. The molecule has 3 aromatic rings. The Bertz CT molecular complexity index is 885. The van der Waals surface area contributed by atoms with Gasteiger partial charge in [0.05, 0.1) is 24.1 Å². The van der Waals surface area contributed by atoms with Crippen LogP contribution in [0.25, 0.3) is 22.2 Å². The van der Waals surface area contributed by atoms with Crippen LogP contribution < -0.4 is 5.32 Å². The topological polar surface area (TPSA) is 75.4 Å². The van der Waals surface area contributed by atoms with E-state index in [0.29, 0.717) is 5.56 Å². The van der Waals surface area contributed by atoms with Crippen LogP contribution in [0.3, 0.4) is 0 Å². The summed E-state index contributed by atoms with van der Waals surface area (Å²) in [4.78, 5) is 16.9. The second-order valence-corrected chi connectivity index (χ2v) is 6.50. The monoisotopic (exact) mass is 336 g/mol. The molecular formula is C20H20N2O3. The Morgan fingerprint density at radius 1 is 1.12 bits per heavy atom. The molecule has 0 radical (unpaired) electrons. The summed E-state index contributed by atoms with van der Waals surface area (Å²) in [5, 5.41) is 13.9. The third-order valence-electron chi connectivity index (χ3n) is 4.85. The molecule has 0 spiro atoms. The lowest BCUT2D eigenvalue weighted by Gasteiger charge is -2.28. The molecular weight excluding hydrogens is 316 g/mol. The highest BCUT2D eigenvalue weighted by Crippen LogP contribution is 2.27. The Morgan fingerprint density at radius 3 is 2.72 bits per heavy atom. The molecule has 1 amide bonds. The number of carbonyl (C=O) groups excluding carboxylic acids is 1. The van der Waals surface area contributed by atoms with Crippen molar-refractivity contribution in [3.63, 3.8) is 0 Å². The number of hydrogen-bond donors (Lipinski definition) is 2. The molecule has 1 fully saturated rings. The van der Waals surface area contributed by atoms with Crippen molar-refractivity contribution in [1.82, 2.24) is 10.3 Å². The minimum Gasteiger partial charge on any atom is -0.464 e. The molecule has 2 atom stereocenters. The van der Waals surface area contributed by atoms with Crippen LogP contribution in [0.5, 0.6) is 0 Å². The van der Waals surface area contributed by atoms with E-state index >= 15 is 0 Å². The molecule has 2 heterocycles. The van der Waals surface area contributed by atoms with E-state index in [1.807, 2.05) is 24.3 Å². The average Bonchev–Trinajstić information content (AvgIpc) is 3.12. The van der Waals surface area contributed by atoms with Crippen molar-refractivity contribution in [3.8, 4) is 11.3 Å². The molecule has 0 bridgehead atoms. The molecule has 1 aromatic carbocycles. The average molecular weight is 336 g/mol. The number of benzene rings is 1. The smallest absolute Gasteiger partial charge is 0.251 e. The van der Waals surface area contributed by atoms with Gasteiger partial charge in [-0.15, -0.1) is 0 Å². The summed E-state index contributed by atoms with van der Waals surface area (Å²) in [7, 11) is 0. The van der Waals surface area contributed by atoms with E-state index in [4.69, 9.17) is 4.42 Å². The summed E-state index contributed by atoms with van der Waals surface area (Å²) >= 11 is 0. The van der Waals surface area contributed by atoms with E-state index < -0.39 is 6.10 Å². The lowest BCUT2D eigenvalue weighted by atomic mass is 9.92. The van der Waals surface area contributed by atoms with Gasteiger partial charge in [0.15, 0.2) is 0 Å². The molecule has 1 aliphatic rings. The Morgan fingerprint density at radius 2 is 1.92 bits per heavy atom. The molecule has 5 heteroatoms. The fraction of sp³-hybridized carbons (Fsp3) is 0.300. The second-order valence-electron chi connectivity index (χ2n) is 6.50. The number of nitrogens with zero attached hydrogens (tertiary/aromatic N) is 1. The molecule has 2 N–H and O–H groups in total. The van der Waals surface area contributed by atoms with E-state index in [1.54, 1.807) is 24.6 Å². The van der Waals surface area contributed by atoms with Gasteiger partial charge in [0.1, 0.15) is 5.58 Å². The van der Waals surface area contributed by atoms with E-state index in [1.165, 1.54) is 0 Å². The van der Waals surface area contributed by atoms with Gasteiger partial charge in [-0.3, -0.25) is 9.78 Å². The van der Waals surface area contributed by atoms with Crippen LogP contribution in [-0.4, -0.2) is 28.1 Å². The lowest BCUT2D eigenvalue weighted by molar-refractivity contribution is 0.0717. The first-order chi connectivity index (χ1) is 12.2. The summed E-state index contributed by atoms with van der Waals surface area (Å²) in [5.41, 5.74) is 3.14. The fourth-order valence-electron chi connectivity index (χ4n) is 3.44. The molecule has 2 aromatic heterocycles. The molecule has 25 heavy (non-hydrogen) atoms. The highest BCUT2D eigenvalue weighted by atomic mass is 16.3. The Balaban J connectivity index is 1.53. The zero-order valence-electron chi connectivity index (χ0n) is 13.8. The third kappa shape index (κ3) is 3.15. The summed E-state index contributed by atoms with van der Waals surface area (Å²) in [6, 6.07) is 10.9. The number of carbonyl (C=O) groups is 1. The first-order valence-electron chi connectivity index (χ1n) is 8.64. The predicted octanol–water partition coefficient (Wildman–Crippen LogP) is 3.53. The molecule has 1 aliphatic carbocycles. The molecule has 5 nitrogen and oxygen atoms in total.